The van der Waals surface area contributed by atoms with Gasteiger partial charge in [0.05, 0.1) is 17.3 Å². The van der Waals surface area contributed by atoms with Gasteiger partial charge in [0.25, 0.3) is 0 Å². The molecule has 24 heavy (non-hydrogen) atoms. The molecule has 0 radical (unpaired) electrons. The van der Waals surface area contributed by atoms with Gasteiger partial charge in [0.1, 0.15) is 0 Å². The standard InChI is InChI=1S/C18H21NO4S/c1-2-23-18(20)12-8-14-19-13-7-6-9-16(19)15-24(21,22)17-10-4-3-5-11-17/h3-12H,2,13-15H2,1H3. The van der Waals surface area contributed by atoms with Gasteiger partial charge >= 0.3 is 5.97 Å². The van der Waals surface area contributed by atoms with E-state index in [1.165, 1.54) is 6.08 Å². The van der Waals surface area contributed by atoms with Crippen LogP contribution in [0.1, 0.15) is 6.92 Å². The van der Waals surface area contributed by atoms with E-state index in [1.54, 1.807) is 49.4 Å². The second-order valence-corrected chi connectivity index (χ2v) is 7.21. The maximum Gasteiger partial charge on any atom is 0.330 e. The average molecular weight is 347 g/mol. The van der Waals surface area contributed by atoms with Crippen molar-refractivity contribution in [1.29, 1.82) is 0 Å². The first-order valence-corrected chi connectivity index (χ1v) is 9.40. The van der Waals surface area contributed by atoms with Gasteiger partial charge in [-0.2, -0.15) is 0 Å². The molecule has 2 rings (SSSR count). The van der Waals surface area contributed by atoms with Gasteiger partial charge in [0, 0.05) is 24.9 Å². The van der Waals surface area contributed by atoms with E-state index in [-0.39, 0.29) is 5.75 Å². The van der Waals surface area contributed by atoms with Crippen molar-refractivity contribution in [1.82, 2.24) is 4.90 Å². The lowest BCUT2D eigenvalue weighted by Gasteiger charge is -2.27. The Balaban J connectivity index is 2.06. The molecule has 128 valence electrons. The minimum Gasteiger partial charge on any atom is -0.463 e. The fraction of sp³-hybridized carbons (Fsp3) is 0.278. The van der Waals surface area contributed by atoms with Crippen LogP contribution in [0.5, 0.6) is 0 Å². The van der Waals surface area contributed by atoms with E-state index in [9.17, 15) is 13.2 Å². The van der Waals surface area contributed by atoms with Crippen LogP contribution in [0.25, 0.3) is 0 Å². The molecule has 0 atom stereocenters. The minimum atomic E-state index is -3.40. The van der Waals surface area contributed by atoms with Gasteiger partial charge in [0.15, 0.2) is 9.84 Å². The summed E-state index contributed by atoms with van der Waals surface area (Å²) >= 11 is 0. The molecule has 1 aliphatic rings. The zero-order valence-electron chi connectivity index (χ0n) is 13.6. The SMILES string of the molecule is CCOC(=O)C=CCN1CC=CC=C1CS(=O)(=O)c1ccccc1. The van der Waals surface area contributed by atoms with Gasteiger partial charge in [-0.3, -0.25) is 0 Å². The van der Waals surface area contributed by atoms with Gasteiger partial charge in [-0.1, -0.05) is 36.4 Å². The largest absolute Gasteiger partial charge is 0.463 e. The van der Waals surface area contributed by atoms with E-state index in [1.807, 2.05) is 17.1 Å². The molecule has 6 heteroatoms. The Kier molecular flexibility index (Phi) is 6.37. The highest BCUT2D eigenvalue weighted by molar-refractivity contribution is 7.91. The summed E-state index contributed by atoms with van der Waals surface area (Å²) in [4.78, 5) is 13.5. The number of sulfone groups is 1. The predicted molar refractivity (Wildman–Crippen MR) is 93.1 cm³/mol. The molecule has 1 aromatic carbocycles. The summed E-state index contributed by atoms with van der Waals surface area (Å²) in [6.45, 7) is 3.12. The lowest BCUT2D eigenvalue weighted by atomic mass is 10.2. The molecule has 0 aliphatic carbocycles. The summed E-state index contributed by atoms with van der Waals surface area (Å²) in [5, 5.41) is 0. The summed E-state index contributed by atoms with van der Waals surface area (Å²) < 4.78 is 29.9. The second kappa shape index (κ2) is 8.49. The maximum atomic E-state index is 12.5. The Labute approximate surface area is 142 Å². The molecule has 0 saturated heterocycles. The van der Waals surface area contributed by atoms with Crippen LogP contribution in [-0.2, 0) is 19.4 Å². The van der Waals surface area contributed by atoms with Crippen molar-refractivity contribution in [3.05, 3.63) is 66.4 Å². The summed E-state index contributed by atoms with van der Waals surface area (Å²) in [5.41, 5.74) is 0.704. The number of esters is 1. The molecule has 0 bridgehead atoms. The smallest absolute Gasteiger partial charge is 0.330 e. The number of ether oxygens (including phenoxy) is 1. The lowest BCUT2D eigenvalue weighted by Crippen LogP contribution is -2.29. The second-order valence-electron chi connectivity index (χ2n) is 5.22. The third-order valence-corrected chi connectivity index (χ3v) is 5.13. The van der Waals surface area contributed by atoms with Crippen molar-refractivity contribution >= 4 is 15.8 Å². The maximum absolute atomic E-state index is 12.5. The van der Waals surface area contributed by atoms with Gasteiger partial charge < -0.3 is 9.64 Å². The van der Waals surface area contributed by atoms with Crippen molar-refractivity contribution in [2.24, 2.45) is 0 Å². The number of carbonyl (C=O) groups excluding carboxylic acids is 1. The normalized spacial score (nSPS) is 14.7. The molecule has 0 amide bonds. The number of hydrogen-bond donors (Lipinski definition) is 0. The molecule has 0 N–H and O–H groups in total. The number of benzene rings is 1. The molecule has 0 spiro atoms. The van der Waals surface area contributed by atoms with E-state index in [2.05, 4.69) is 0 Å². The highest BCUT2D eigenvalue weighted by Crippen LogP contribution is 2.18. The Morgan fingerprint density at radius 3 is 2.75 bits per heavy atom. The van der Waals surface area contributed by atoms with Gasteiger partial charge in [-0.05, 0) is 25.1 Å². The topological polar surface area (TPSA) is 63.7 Å². The quantitative estimate of drug-likeness (QED) is 0.559. The fourth-order valence-electron chi connectivity index (χ4n) is 2.29. The van der Waals surface area contributed by atoms with E-state index in [4.69, 9.17) is 4.74 Å². The molecule has 0 saturated carbocycles. The summed E-state index contributed by atoms with van der Waals surface area (Å²) in [6, 6.07) is 8.40. The minimum absolute atomic E-state index is 0.0748. The van der Waals surface area contributed by atoms with Crippen LogP contribution >= 0.6 is 0 Å². The molecular formula is C18H21NO4S. The summed E-state index contributed by atoms with van der Waals surface area (Å²) in [6.07, 6.45) is 8.63. The third kappa shape index (κ3) is 5.09. The van der Waals surface area contributed by atoms with Crippen molar-refractivity contribution in [3.63, 3.8) is 0 Å². The summed E-state index contributed by atoms with van der Waals surface area (Å²) in [5.74, 6) is -0.471. The van der Waals surface area contributed by atoms with Crippen LogP contribution in [-0.4, -0.2) is 44.7 Å². The zero-order valence-corrected chi connectivity index (χ0v) is 14.4. The van der Waals surface area contributed by atoms with Crippen LogP contribution in [0.3, 0.4) is 0 Å². The van der Waals surface area contributed by atoms with E-state index in [0.717, 1.165) is 0 Å². The Hall–Kier alpha value is -2.34. The zero-order chi connectivity index (χ0) is 17.4. The number of carbonyl (C=O) groups is 1. The molecule has 0 unspecified atom stereocenters. The van der Waals surface area contributed by atoms with Crippen LogP contribution in [0.2, 0.25) is 0 Å². The Morgan fingerprint density at radius 2 is 2.04 bits per heavy atom. The number of nitrogens with zero attached hydrogens (tertiary/aromatic N) is 1. The van der Waals surface area contributed by atoms with Crippen molar-refractivity contribution in [2.45, 2.75) is 11.8 Å². The first-order chi connectivity index (χ1) is 11.5. The molecule has 0 fully saturated rings. The fourth-order valence-corrected chi connectivity index (χ4v) is 3.70. The van der Waals surface area contributed by atoms with Gasteiger partial charge in [-0.15, -0.1) is 0 Å². The number of rotatable bonds is 7. The molecule has 5 nitrogen and oxygen atoms in total. The van der Waals surface area contributed by atoms with Crippen LogP contribution < -0.4 is 0 Å². The summed E-state index contributed by atoms with van der Waals surface area (Å²) in [7, 11) is -3.40. The highest BCUT2D eigenvalue weighted by atomic mass is 32.2. The molecule has 0 aromatic heterocycles. The molecule has 1 aromatic rings. The van der Waals surface area contributed by atoms with Crippen molar-refractivity contribution < 1.29 is 17.9 Å². The molecule has 1 heterocycles. The molecule has 1 aliphatic heterocycles. The van der Waals surface area contributed by atoms with Crippen LogP contribution in [0.4, 0.5) is 0 Å². The lowest BCUT2D eigenvalue weighted by molar-refractivity contribution is -0.137. The Morgan fingerprint density at radius 1 is 1.29 bits per heavy atom. The van der Waals surface area contributed by atoms with E-state index >= 15 is 0 Å². The average Bonchev–Trinajstić information content (AvgIpc) is 2.57. The predicted octanol–water partition coefficient (Wildman–Crippen LogP) is 2.34. The first kappa shape index (κ1) is 18.0. The van der Waals surface area contributed by atoms with E-state index < -0.39 is 15.8 Å². The third-order valence-electron chi connectivity index (χ3n) is 3.46. The van der Waals surface area contributed by atoms with Gasteiger partial charge in [0.2, 0.25) is 0 Å². The van der Waals surface area contributed by atoms with Crippen molar-refractivity contribution in [2.75, 3.05) is 25.4 Å². The highest BCUT2D eigenvalue weighted by Gasteiger charge is 2.20. The van der Waals surface area contributed by atoms with Crippen molar-refractivity contribution in [3.8, 4) is 0 Å². The first-order valence-electron chi connectivity index (χ1n) is 7.74. The Bertz CT molecular complexity index is 748. The van der Waals surface area contributed by atoms with Gasteiger partial charge in [-0.25, -0.2) is 13.2 Å². The monoisotopic (exact) mass is 347 g/mol. The van der Waals surface area contributed by atoms with Crippen LogP contribution in [0.15, 0.2) is 71.3 Å². The van der Waals surface area contributed by atoms with Crippen LogP contribution in [0, 0.1) is 0 Å². The molecular weight excluding hydrogens is 326 g/mol. The number of hydrogen-bond acceptors (Lipinski definition) is 5. The number of allylic oxidation sites excluding steroid dienone is 2. The van der Waals surface area contributed by atoms with E-state index in [0.29, 0.717) is 30.3 Å².